The van der Waals surface area contributed by atoms with E-state index in [2.05, 4.69) is 15.2 Å². The summed E-state index contributed by atoms with van der Waals surface area (Å²) >= 11 is 0. The van der Waals surface area contributed by atoms with Gasteiger partial charge in [-0.15, -0.1) is 0 Å². The van der Waals surface area contributed by atoms with Crippen LogP contribution in [0.2, 0.25) is 0 Å². The number of primary sulfonamides is 1. The number of benzene rings is 1. The summed E-state index contributed by atoms with van der Waals surface area (Å²) in [5, 5.41) is 14.9. The number of sulfonamides is 1. The number of rotatable bonds is 5. The fourth-order valence-corrected chi connectivity index (χ4v) is 5.41. The van der Waals surface area contributed by atoms with Crippen LogP contribution in [0.15, 0.2) is 46.5 Å². The number of halogens is 2. The Morgan fingerprint density at radius 3 is 2.62 bits per heavy atom. The van der Waals surface area contributed by atoms with Crippen LogP contribution in [0.25, 0.3) is 5.82 Å². The molecule has 14 heteroatoms. The molecule has 1 aromatic carbocycles. The molecule has 2 aliphatic rings. The number of hydrogen-bond donors (Lipinski definition) is 1. The maximum atomic E-state index is 14.5. The average Bonchev–Trinajstić information content (AvgIpc) is 3.41. The molecular formula is C23H23F2N7O4S. The zero-order valence-electron chi connectivity index (χ0n) is 19.9. The molecule has 0 spiro atoms. The highest BCUT2D eigenvalue weighted by Crippen LogP contribution is 2.31. The second-order valence-corrected chi connectivity index (χ2v) is 10.3. The van der Waals surface area contributed by atoms with Gasteiger partial charge in [0.2, 0.25) is 10.0 Å². The number of hydrazone groups is 1. The molecule has 2 aromatic heterocycles. The Morgan fingerprint density at radius 2 is 1.95 bits per heavy atom. The summed E-state index contributed by atoms with van der Waals surface area (Å²) in [6.45, 7) is 3.38. The number of pyridine rings is 1. The molecule has 11 nitrogen and oxygen atoms in total. The molecule has 2 amide bonds. The van der Waals surface area contributed by atoms with Crippen molar-refractivity contribution >= 4 is 22.3 Å². The smallest absolute Gasteiger partial charge is 0.341 e. The largest absolute Gasteiger partial charge is 0.483 e. The molecule has 2 aliphatic heterocycles. The van der Waals surface area contributed by atoms with Gasteiger partial charge in [-0.25, -0.2) is 41.8 Å². The highest BCUT2D eigenvalue weighted by atomic mass is 32.2. The predicted molar refractivity (Wildman–Crippen MR) is 128 cm³/mol. The van der Waals surface area contributed by atoms with Crippen molar-refractivity contribution in [2.24, 2.45) is 10.2 Å². The van der Waals surface area contributed by atoms with Crippen molar-refractivity contribution < 1.29 is 26.7 Å². The highest BCUT2D eigenvalue weighted by Gasteiger charge is 2.39. The van der Waals surface area contributed by atoms with Crippen molar-refractivity contribution in [1.82, 2.24) is 24.7 Å². The number of aromatic nitrogens is 3. The van der Waals surface area contributed by atoms with Crippen LogP contribution >= 0.6 is 0 Å². The molecule has 194 valence electrons. The van der Waals surface area contributed by atoms with Crippen LogP contribution in [0.3, 0.4) is 0 Å². The summed E-state index contributed by atoms with van der Waals surface area (Å²) in [7, 11) is -4.02. The van der Waals surface area contributed by atoms with E-state index in [9.17, 15) is 22.0 Å². The molecule has 1 fully saturated rings. The van der Waals surface area contributed by atoms with E-state index in [1.807, 2.05) is 0 Å². The molecule has 0 radical (unpaired) electrons. The number of ether oxygens (including phenoxy) is 1. The van der Waals surface area contributed by atoms with Gasteiger partial charge in [-0.2, -0.15) is 10.2 Å². The first-order valence-corrected chi connectivity index (χ1v) is 12.8. The summed E-state index contributed by atoms with van der Waals surface area (Å²) in [6.07, 6.45) is 2.53. The minimum atomic E-state index is -4.02. The molecule has 0 aliphatic carbocycles. The molecule has 1 saturated heterocycles. The van der Waals surface area contributed by atoms with E-state index in [4.69, 9.17) is 9.88 Å². The van der Waals surface area contributed by atoms with E-state index >= 15 is 0 Å². The van der Waals surface area contributed by atoms with Gasteiger partial charge in [0, 0.05) is 18.7 Å². The number of aryl methyl sites for hydroxylation is 1. The van der Waals surface area contributed by atoms with Crippen LogP contribution in [-0.2, 0) is 10.0 Å². The lowest BCUT2D eigenvalue weighted by Gasteiger charge is -2.41. The first-order valence-electron chi connectivity index (χ1n) is 11.3. The monoisotopic (exact) mass is 531 g/mol. The fourth-order valence-electron chi connectivity index (χ4n) is 4.46. The number of carbonyl (C=O) groups is 1. The second kappa shape index (κ2) is 9.19. The van der Waals surface area contributed by atoms with Gasteiger partial charge in [-0.1, -0.05) is 12.1 Å². The molecule has 1 atom stereocenters. The SMILES string of the molecule is Cc1nn(-c2cc(OC3CN(C(=O)N4N=CC[C@H]4c4cccc(F)c4)C3)c(F)cn2)c(C)c1S(N)(=O)=O. The third kappa shape index (κ3) is 4.64. The van der Waals surface area contributed by atoms with Crippen molar-refractivity contribution in [2.45, 2.75) is 37.3 Å². The van der Waals surface area contributed by atoms with E-state index < -0.39 is 33.8 Å². The van der Waals surface area contributed by atoms with E-state index in [1.54, 1.807) is 18.3 Å². The number of hydrogen-bond acceptors (Lipinski definition) is 7. The normalized spacial score (nSPS) is 17.8. The van der Waals surface area contributed by atoms with Gasteiger partial charge in [-0.3, -0.25) is 0 Å². The first-order chi connectivity index (χ1) is 17.5. The number of nitrogens with two attached hydrogens (primary N) is 1. The number of nitrogens with zero attached hydrogens (tertiary/aromatic N) is 6. The lowest BCUT2D eigenvalue weighted by Crippen LogP contribution is -2.58. The Bertz CT molecular complexity index is 1520. The van der Waals surface area contributed by atoms with Gasteiger partial charge >= 0.3 is 6.03 Å². The van der Waals surface area contributed by atoms with E-state index in [0.29, 0.717) is 12.0 Å². The summed E-state index contributed by atoms with van der Waals surface area (Å²) in [5.41, 5.74) is 1.05. The fraction of sp³-hybridized carbons (Fsp3) is 0.304. The summed E-state index contributed by atoms with van der Waals surface area (Å²) in [6, 6.07) is 6.56. The molecule has 4 heterocycles. The van der Waals surface area contributed by atoms with Crippen LogP contribution in [0.1, 0.15) is 29.4 Å². The Hall–Kier alpha value is -3.91. The number of likely N-dealkylation sites (tertiary alicyclic amines) is 1. The predicted octanol–water partition coefficient (Wildman–Crippen LogP) is 2.43. The van der Waals surface area contributed by atoms with Crippen LogP contribution in [0.5, 0.6) is 5.75 Å². The van der Waals surface area contributed by atoms with E-state index in [1.165, 1.54) is 46.6 Å². The lowest BCUT2D eigenvalue weighted by molar-refractivity contribution is 0.0256. The second-order valence-electron chi connectivity index (χ2n) is 8.81. The quantitative estimate of drug-likeness (QED) is 0.537. The van der Waals surface area contributed by atoms with E-state index in [-0.39, 0.29) is 47.0 Å². The van der Waals surface area contributed by atoms with Crippen molar-refractivity contribution in [3.63, 3.8) is 0 Å². The van der Waals surface area contributed by atoms with Gasteiger partial charge < -0.3 is 9.64 Å². The van der Waals surface area contributed by atoms with Gasteiger partial charge in [0.1, 0.15) is 16.8 Å². The van der Waals surface area contributed by atoms with Crippen molar-refractivity contribution in [3.8, 4) is 11.6 Å². The summed E-state index contributed by atoms with van der Waals surface area (Å²) in [4.78, 5) is 18.3. The van der Waals surface area contributed by atoms with Crippen molar-refractivity contribution in [1.29, 1.82) is 0 Å². The van der Waals surface area contributed by atoms with E-state index in [0.717, 1.165) is 6.20 Å². The van der Waals surface area contributed by atoms with Crippen LogP contribution in [0, 0.1) is 25.5 Å². The van der Waals surface area contributed by atoms with Gasteiger partial charge in [0.05, 0.1) is 36.7 Å². The Balaban J connectivity index is 1.27. The maximum Gasteiger partial charge on any atom is 0.341 e. The number of amides is 2. The van der Waals surface area contributed by atoms with Gasteiger partial charge in [-0.05, 0) is 31.5 Å². The van der Waals surface area contributed by atoms with Gasteiger partial charge in [0.25, 0.3) is 0 Å². The third-order valence-electron chi connectivity index (χ3n) is 6.20. The molecule has 3 aromatic rings. The molecule has 0 unspecified atom stereocenters. The minimum absolute atomic E-state index is 0.122. The molecule has 5 rings (SSSR count). The first kappa shape index (κ1) is 24.8. The van der Waals surface area contributed by atoms with Crippen molar-refractivity contribution in [2.75, 3.05) is 13.1 Å². The van der Waals surface area contributed by atoms with Crippen LogP contribution in [-0.4, -0.2) is 64.5 Å². The molecule has 2 N–H and O–H groups in total. The standard InChI is InChI=1S/C23H23F2N7O4S/c1-13-22(37(26,34)35)14(2)31(29-13)21-9-20(18(25)10-27-21)36-17-11-30(12-17)23(33)32-19(6-7-28-32)15-4-3-5-16(24)8-15/h3-5,7-10,17,19H,6,11-12H2,1-2H3,(H2,26,34,35)/t19-/m0/s1. The van der Waals surface area contributed by atoms with Gasteiger partial charge in [0.15, 0.2) is 17.4 Å². The average molecular weight is 532 g/mol. The molecular weight excluding hydrogens is 508 g/mol. The Morgan fingerprint density at radius 1 is 1.19 bits per heavy atom. The third-order valence-corrected chi connectivity index (χ3v) is 7.36. The van der Waals surface area contributed by atoms with Crippen LogP contribution in [0.4, 0.5) is 13.6 Å². The summed E-state index contributed by atoms with van der Waals surface area (Å²) in [5.74, 6) is -1.10. The highest BCUT2D eigenvalue weighted by molar-refractivity contribution is 7.89. The number of urea groups is 1. The Kier molecular flexibility index (Phi) is 6.15. The Labute approximate surface area is 211 Å². The molecule has 0 saturated carbocycles. The van der Waals surface area contributed by atoms with Crippen molar-refractivity contribution in [3.05, 3.63) is 65.1 Å². The molecule has 37 heavy (non-hydrogen) atoms. The van der Waals surface area contributed by atoms with Crippen LogP contribution < -0.4 is 9.88 Å². The maximum absolute atomic E-state index is 14.5. The zero-order chi connectivity index (χ0) is 26.5. The topological polar surface area (TPSA) is 136 Å². The lowest BCUT2D eigenvalue weighted by atomic mass is 10.0. The zero-order valence-corrected chi connectivity index (χ0v) is 20.7. The minimum Gasteiger partial charge on any atom is -0.483 e. The summed E-state index contributed by atoms with van der Waals surface area (Å²) < 4.78 is 58.9. The molecule has 0 bridgehead atoms. The number of carbonyl (C=O) groups excluding carboxylic acids is 1.